The summed E-state index contributed by atoms with van der Waals surface area (Å²) in [6.45, 7) is -0.496. The Hall–Kier alpha value is -2.64. The van der Waals surface area contributed by atoms with Crippen LogP contribution in [-0.4, -0.2) is 19.5 Å². The highest BCUT2D eigenvalue weighted by atomic mass is 32.2. The zero-order valence-electron chi connectivity index (χ0n) is 11.7. The molecule has 0 saturated heterocycles. The summed E-state index contributed by atoms with van der Waals surface area (Å²) in [6.07, 6.45) is -3.77. The van der Waals surface area contributed by atoms with E-state index in [-0.39, 0.29) is 5.69 Å². The van der Waals surface area contributed by atoms with Crippen molar-refractivity contribution in [3.05, 3.63) is 74.0 Å². The first-order valence-corrected chi connectivity index (χ1v) is 7.64. The second-order valence-electron chi connectivity index (χ2n) is 4.52. The molecule has 2 rings (SSSR count). The average Bonchev–Trinajstić information content (AvgIpc) is 2.53. The number of nitro benzene ring substituents is 1. The summed E-state index contributed by atoms with van der Waals surface area (Å²) in [7, 11) is -4.49. The Labute approximate surface area is 134 Å². The van der Waals surface area contributed by atoms with E-state index in [1.54, 1.807) is 0 Å². The molecule has 0 unspecified atom stereocenters. The molecule has 0 bridgehead atoms. The van der Waals surface area contributed by atoms with Gasteiger partial charge in [-0.05, 0) is 29.5 Å². The molecule has 0 saturated carbocycles. The molecule has 10 heteroatoms. The quantitative estimate of drug-likeness (QED) is 0.349. The molecule has 0 radical (unpaired) electrons. The van der Waals surface area contributed by atoms with E-state index in [9.17, 15) is 31.7 Å². The van der Waals surface area contributed by atoms with Gasteiger partial charge in [0.1, 0.15) is 4.91 Å². The molecular weight excluding hydrogens is 351 g/mol. The van der Waals surface area contributed by atoms with Crippen LogP contribution in [0.25, 0.3) is 0 Å². The minimum atomic E-state index is -4.73. The van der Waals surface area contributed by atoms with Crippen molar-refractivity contribution >= 4 is 15.8 Å². The highest BCUT2D eigenvalue weighted by Crippen LogP contribution is 2.30. The number of hydrogen-bond donors (Lipinski definition) is 0. The predicted octanol–water partition coefficient (Wildman–Crippen LogP) is 3.14. The summed E-state index contributed by atoms with van der Waals surface area (Å²) in [5.74, 6) is 0. The maximum atomic E-state index is 12.6. The van der Waals surface area contributed by atoms with Gasteiger partial charge in [0.15, 0.2) is 0 Å². The largest absolute Gasteiger partial charge is 0.417 e. The first-order valence-electron chi connectivity index (χ1n) is 6.23. The molecule has 0 atom stereocenters. The molecule has 0 fully saturated rings. The summed E-state index contributed by atoms with van der Waals surface area (Å²) >= 11 is 0. The normalized spacial score (nSPS) is 14.3. The van der Waals surface area contributed by atoms with E-state index >= 15 is 0 Å². The Morgan fingerprint density at radius 1 is 1.21 bits per heavy atom. The standard InChI is InChI=1S/C14H8F3NO5S/c15-14(16,17)11-2-1-3-13(8-11)24(21,22)23-9-10-4-6-12(7-5-10)18(19)20/h2,4-8H,9H2. The first-order chi connectivity index (χ1) is 11.1. The number of halogens is 3. The molecule has 1 aromatic rings. The van der Waals surface area contributed by atoms with Crippen LogP contribution in [0.15, 0.2) is 58.4 Å². The summed E-state index contributed by atoms with van der Waals surface area (Å²) in [5, 5.41) is 10.5. The van der Waals surface area contributed by atoms with E-state index < -0.39 is 38.3 Å². The fraction of sp³-hybridized carbons (Fsp3) is 0.143. The Morgan fingerprint density at radius 3 is 2.38 bits per heavy atom. The number of nitrogens with zero attached hydrogens (tertiary/aromatic N) is 1. The van der Waals surface area contributed by atoms with Gasteiger partial charge >= 0.3 is 16.3 Å². The van der Waals surface area contributed by atoms with E-state index in [2.05, 4.69) is 9.91 Å². The van der Waals surface area contributed by atoms with E-state index in [4.69, 9.17) is 0 Å². The van der Waals surface area contributed by atoms with Gasteiger partial charge in [-0.25, -0.2) is 0 Å². The van der Waals surface area contributed by atoms with Gasteiger partial charge in [0.2, 0.25) is 0 Å². The number of alkyl halides is 3. The summed E-state index contributed by atoms with van der Waals surface area (Å²) < 4.78 is 66.2. The molecule has 0 amide bonds. The fourth-order valence-corrected chi connectivity index (χ4v) is 2.50. The van der Waals surface area contributed by atoms with Gasteiger partial charge in [-0.2, -0.15) is 21.6 Å². The topological polar surface area (TPSA) is 86.5 Å². The van der Waals surface area contributed by atoms with Crippen LogP contribution in [0.4, 0.5) is 18.9 Å². The number of rotatable bonds is 5. The van der Waals surface area contributed by atoms with Crippen molar-refractivity contribution < 1.29 is 30.7 Å². The van der Waals surface area contributed by atoms with Crippen molar-refractivity contribution in [3.8, 4) is 0 Å². The van der Waals surface area contributed by atoms with Gasteiger partial charge in [0, 0.05) is 18.2 Å². The van der Waals surface area contributed by atoms with Gasteiger partial charge in [0.05, 0.1) is 17.1 Å². The average molecular weight is 359 g/mol. The van der Waals surface area contributed by atoms with Crippen LogP contribution in [0.5, 0.6) is 0 Å². The minimum absolute atomic E-state index is 0.192. The number of nitro groups is 1. The number of benzene rings is 1. The van der Waals surface area contributed by atoms with Gasteiger partial charge in [0.25, 0.3) is 5.69 Å². The zero-order valence-corrected chi connectivity index (χ0v) is 12.5. The predicted molar refractivity (Wildman–Crippen MR) is 76.1 cm³/mol. The summed E-state index contributed by atoms with van der Waals surface area (Å²) in [6, 6.07) is 4.84. The fourth-order valence-electron chi connectivity index (χ4n) is 1.63. The maximum absolute atomic E-state index is 12.6. The third-order valence-corrected chi connectivity index (χ3v) is 4.02. The second kappa shape index (κ2) is 6.46. The minimum Gasteiger partial charge on any atom is -0.261 e. The molecule has 0 spiro atoms. The molecule has 1 aliphatic rings. The van der Waals surface area contributed by atoms with Crippen LogP contribution in [0.2, 0.25) is 0 Å². The third kappa shape index (κ3) is 4.21. The van der Waals surface area contributed by atoms with Crippen molar-refractivity contribution in [1.29, 1.82) is 0 Å². The third-order valence-electron chi connectivity index (χ3n) is 2.83. The second-order valence-corrected chi connectivity index (χ2v) is 6.10. The van der Waals surface area contributed by atoms with Crippen LogP contribution in [0, 0.1) is 10.1 Å². The van der Waals surface area contributed by atoms with Gasteiger partial charge < -0.3 is 0 Å². The molecule has 0 N–H and O–H groups in total. The molecule has 6 nitrogen and oxygen atoms in total. The molecule has 126 valence electrons. The first kappa shape index (κ1) is 17.7. The van der Waals surface area contributed by atoms with E-state index in [1.165, 1.54) is 12.1 Å². The number of hydrogen-bond acceptors (Lipinski definition) is 5. The number of non-ortho nitro benzene ring substituents is 1. The SMILES string of the molecule is O=[N+]([O-])c1ccc(COS(=O)(=O)C2=C=C=CC(C(F)(F)F)=C2)cc1. The molecular formula is C14H8F3NO5S. The smallest absolute Gasteiger partial charge is 0.261 e. The lowest BCUT2D eigenvalue weighted by Crippen LogP contribution is -2.14. The zero-order chi connectivity index (χ0) is 18.0. The van der Waals surface area contributed by atoms with Gasteiger partial charge in [-0.3, -0.25) is 14.3 Å². The van der Waals surface area contributed by atoms with E-state index in [1.807, 2.05) is 5.73 Å². The van der Waals surface area contributed by atoms with Crippen LogP contribution in [0.1, 0.15) is 5.56 Å². The summed E-state index contributed by atoms with van der Waals surface area (Å²) in [4.78, 5) is 9.07. The van der Waals surface area contributed by atoms with Crippen molar-refractivity contribution in [2.45, 2.75) is 12.8 Å². The van der Waals surface area contributed by atoms with Crippen LogP contribution in [0.3, 0.4) is 0 Å². The van der Waals surface area contributed by atoms with E-state index in [0.717, 1.165) is 12.1 Å². The van der Waals surface area contributed by atoms with Crippen molar-refractivity contribution in [2.75, 3.05) is 0 Å². The lowest BCUT2D eigenvalue weighted by Gasteiger charge is -2.10. The highest BCUT2D eigenvalue weighted by Gasteiger charge is 2.34. The van der Waals surface area contributed by atoms with Crippen LogP contribution >= 0.6 is 0 Å². The summed E-state index contributed by atoms with van der Waals surface area (Å²) in [5.41, 5.74) is 2.94. The molecule has 0 aliphatic heterocycles. The lowest BCUT2D eigenvalue weighted by atomic mass is 10.2. The van der Waals surface area contributed by atoms with Crippen molar-refractivity contribution in [3.63, 3.8) is 0 Å². The maximum Gasteiger partial charge on any atom is 0.417 e. The molecule has 1 aliphatic carbocycles. The van der Waals surface area contributed by atoms with Crippen LogP contribution in [-0.2, 0) is 20.9 Å². The Morgan fingerprint density at radius 2 is 1.83 bits per heavy atom. The van der Waals surface area contributed by atoms with Crippen molar-refractivity contribution in [2.24, 2.45) is 0 Å². The highest BCUT2D eigenvalue weighted by molar-refractivity contribution is 7.90. The Kier molecular flexibility index (Phi) is 4.77. The Bertz CT molecular complexity index is 901. The number of allylic oxidation sites excluding steroid dienone is 3. The van der Waals surface area contributed by atoms with Gasteiger partial charge in [-0.15, -0.1) is 0 Å². The molecule has 0 heterocycles. The molecule has 24 heavy (non-hydrogen) atoms. The van der Waals surface area contributed by atoms with Crippen molar-refractivity contribution in [1.82, 2.24) is 0 Å². The monoisotopic (exact) mass is 359 g/mol. The van der Waals surface area contributed by atoms with Gasteiger partial charge in [-0.1, -0.05) is 5.73 Å². The van der Waals surface area contributed by atoms with Crippen LogP contribution < -0.4 is 0 Å². The lowest BCUT2D eigenvalue weighted by molar-refractivity contribution is -0.384. The molecule has 1 aromatic carbocycles. The van der Waals surface area contributed by atoms with E-state index in [0.29, 0.717) is 17.7 Å². The Balaban J connectivity index is 2.15. The molecule has 0 aromatic heterocycles.